The first kappa shape index (κ1) is 15.1. The van der Waals surface area contributed by atoms with E-state index in [0.29, 0.717) is 31.6 Å². The molecule has 0 fully saturated rings. The first-order chi connectivity index (χ1) is 9.17. The van der Waals surface area contributed by atoms with Crippen molar-refractivity contribution in [2.75, 3.05) is 13.2 Å². The van der Waals surface area contributed by atoms with Crippen LogP contribution < -0.4 is 5.32 Å². The van der Waals surface area contributed by atoms with Crippen molar-refractivity contribution in [3.63, 3.8) is 0 Å². The van der Waals surface area contributed by atoms with Gasteiger partial charge < -0.3 is 10.1 Å². The van der Waals surface area contributed by atoms with Crippen LogP contribution in [0.3, 0.4) is 0 Å². The van der Waals surface area contributed by atoms with Gasteiger partial charge in [0.1, 0.15) is 5.82 Å². The van der Waals surface area contributed by atoms with Crippen LogP contribution in [0.4, 0.5) is 4.39 Å². The van der Waals surface area contributed by atoms with Gasteiger partial charge in [-0.25, -0.2) is 4.39 Å². The molecule has 0 aliphatic rings. The molecule has 0 aromatic heterocycles. The van der Waals surface area contributed by atoms with Crippen molar-refractivity contribution in [3.05, 3.63) is 35.1 Å². The Balaban J connectivity index is 2.36. The third-order valence-corrected chi connectivity index (χ3v) is 2.55. The number of nitrogens with one attached hydrogen (secondary N) is 1. The molecule has 1 rings (SSSR count). The van der Waals surface area contributed by atoms with E-state index in [0.717, 1.165) is 6.07 Å². The maximum Gasteiger partial charge on any atom is 0.220 e. The minimum absolute atomic E-state index is 0.130. The molecular weight excluding hydrogens is 247 g/mol. The minimum Gasteiger partial charge on any atom is -0.382 e. The van der Waals surface area contributed by atoms with Gasteiger partial charge in [-0.1, -0.05) is 6.07 Å². The lowest BCUT2D eigenvalue weighted by molar-refractivity contribution is -0.121. The Morgan fingerprint density at radius 1 is 1.53 bits per heavy atom. The highest BCUT2D eigenvalue weighted by Gasteiger charge is 2.06. The third kappa shape index (κ3) is 5.49. The summed E-state index contributed by atoms with van der Waals surface area (Å²) in [5.41, 5.74) is 0.640. The van der Waals surface area contributed by atoms with Crippen LogP contribution in [0.5, 0.6) is 0 Å². The Morgan fingerprint density at radius 3 is 2.95 bits per heavy atom. The molecule has 0 heterocycles. The summed E-state index contributed by atoms with van der Waals surface area (Å²) in [5.74, 6) is -0.614. The molecule has 0 atom stereocenters. The summed E-state index contributed by atoms with van der Waals surface area (Å²) in [6, 6.07) is 6.06. The molecule has 0 unspecified atom stereocenters. The summed E-state index contributed by atoms with van der Waals surface area (Å²) < 4.78 is 18.6. The second-order valence-corrected chi connectivity index (χ2v) is 4.00. The fraction of sp³-hybridized carbons (Fsp3) is 0.429. The Labute approximate surface area is 112 Å². The fourth-order valence-electron chi connectivity index (χ4n) is 1.52. The lowest BCUT2D eigenvalue weighted by Gasteiger charge is -2.06. The lowest BCUT2D eigenvalue weighted by atomic mass is 10.1. The van der Waals surface area contributed by atoms with Gasteiger partial charge in [-0.15, -0.1) is 0 Å². The summed E-state index contributed by atoms with van der Waals surface area (Å²) in [6.45, 7) is 3.21. The maximum atomic E-state index is 13.5. The summed E-state index contributed by atoms with van der Waals surface area (Å²) in [4.78, 5) is 11.5. The predicted octanol–water partition coefficient (Wildman–Crippen LogP) is 2.13. The van der Waals surface area contributed by atoms with Crippen molar-refractivity contribution in [1.82, 2.24) is 5.32 Å². The predicted molar refractivity (Wildman–Crippen MR) is 68.7 cm³/mol. The van der Waals surface area contributed by atoms with E-state index in [2.05, 4.69) is 5.32 Å². The number of halogens is 1. The highest BCUT2D eigenvalue weighted by molar-refractivity contribution is 5.75. The zero-order chi connectivity index (χ0) is 14.1. The van der Waals surface area contributed by atoms with Gasteiger partial charge in [0.2, 0.25) is 5.91 Å². The van der Waals surface area contributed by atoms with Crippen molar-refractivity contribution in [2.45, 2.75) is 26.3 Å². The number of carbonyl (C=O) groups excluding carboxylic acids is 1. The van der Waals surface area contributed by atoms with Gasteiger partial charge in [-0.3, -0.25) is 4.79 Å². The topological polar surface area (TPSA) is 62.1 Å². The number of rotatable bonds is 7. The van der Waals surface area contributed by atoms with Crippen LogP contribution in [0.1, 0.15) is 30.9 Å². The van der Waals surface area contributed by atoms with E-state index < -0.39 is 5.82 Å². The van der Waals surface area contributed by atoms with Crippen LogP contribution in [-0.2, 0) is 16.1 Å². The van der Waals surface area contributed by atoms with Gasteiger partial charge in [-0.2, -0.15) is 5.26 Å². The van der Waals surface area contributed by atoms with E-state index in [1.165, 1.54) is 12.1 Å². The summed E-state index contributed by atoms with van der Waals surface area (Å²) in [6.07, 6.45) is 1.01. The smallest absolute Gasteiger partial charge is 0.220 e. The van der Waals surface area contributed by atoms with E-state index in [1.807, 2.05) is 13.0 Å². The first-order valence-electron chi connectivity index (χ1n) is 6.20. The molecule has 4 nitrogen and oxygen atoms in total. The highest BCUT2D eigenvalue weighted by Crippen LogP contribution is 2.09. The van der Waals surface area contributed by atoms with E-state index in [4.69, 9.17) is 10.00 Å². The van der Waals surface area contributed by atoms with Crippen LogP contribution in [0.2, 0.25) is 0 Å². The zero-order valence-corrected chi connectivity index (χ0v) is 10.9. The van der Waals surface area contributed by atoms with Gasteiger partial charge in [0.15, 0.2) is 0 Å². The SMILES string of the molecule is CCOCCCC(=O)NCc1ccc(C#N)cc1F. The lowest BCUT2D eigenvalue weighted by Crippen LogP contribution is -2.23. The number of amides is 1. The molecule has 1 aromatic rings. The Kier molecular flexibility index (Phi) is 6.55. The molecule has 1 N–H and O–H groups in total. The summed E-state index contributed by atoms with van der Waals surface area (Å²) >= 11 is 0. The van der Waals surface area contributed by atoms with E-state index in [-0.39, 0.29) is 18.0 Å². The first-order valence-corrected chi connectivity index (χ1v) is 6.20. The molecule has 102 valence electrons. The molecule has 0 bridgehead atoms. The van der Waals surface area contributed by atoms with Gasteiger partial charge in [0.05, 0.1) is 11.6 Å². The summed E-state index contributed by atoms with van der Waals surface area (Å²) in [7, 11) is 0. The zero-order valence-electron chi connectivity index (χ0n) is 10.9. The van der Waals surface area contributed by atoms with Crippen molar-refractivity contribution in [1.29, 1.82) is 5.26 Å². The second-order valence-electron chi connectivity index (χ2n) is 4.00. The number of nitriles is 1. The van der Waals surface area contributed by atoms with Crippen molar-refractivity contribution in [2.24, 2.45) is 0 Å². The number of hydrogen-bond acceptors (Lipinski definition) is 3. The molecule has 0 spiro atoms. The number of benzene rings is 1. The Hall–Kier alpha value is -1.93. The van der Waals surface area contributed by atoms with Crippen molar-refractivity contribution in [3.8, 4) is 6.07 Å². The molecule has 19 heavy (non-hydrogen) atoms. The molecule has 1 amide bonds. The van der Waals surface area contributed by atoms with E-state index >= 15 is 0 Å². The Bertz CT molecular complexity index is 469. The average molecular weight is 264 g/mol. The minimum atomic E-state index is -0.478. The van der Waals surface area contributed by atoms with Gasteiger partial charge in [0, 0.05) is 31.7 Å². The van der Waals surface area contributed by atoms with Crippen molar-refractivity contribution >= 4 is 5.91 Å². The largest absolute Gasteiger partial charge is 0.382 e. The Morgan fingerprint density at radius 2 is 2.32 bits per heavy atom. The molecule has 0 aliphatic heterocycles. The molecule has 0 radical (unpaired) electrons. The molecule has 0 saturated carbocycles. The van der Waals surface area contributed by atoms with Gasteiger partial charge in [-0.05, 0) is 25.5 Å². The maximum absolute atomic E-state index is 13.5. The summed E-state index contributed by atoms with van der Waals surface area (Å²) in [5, 5.41) is 11.3. The number of hydrogen-bond donors (Lipinski definition) is 1. The van der Waals surface area contributed by atoms with Gasteiger partial charge in [0.25, 0.3) is 0 Å². The third-order valence-electron chi connectivity index (χ3n) is 2.55. The molecule has 0 saturated heterocycles. The molecule has 0 aliphatic carbocycles. The second kappa shape index (κ2) is 8.22. The highest BCUT2D eigenvalue weighted by atomic mass is 19.1. The van der Waals surface area contributed by atoms with Crippen LogP contribution in [0, 0.1) is 17.1 Å². The normalized spacial score (nSPS) is 9.95. The monoisotopic (exact) mass is 264 g/mol. The van der Waals surface area contributed by atoms with Crippen molar-refractivity contribution < 1.29 is 13.9 Å². The molecular formula is C14H17FN2O2. The van der Waals surface area contributed by atoms with Crippen LogP contribution in [0.25, 0.3) is 0 Å². The quantitative estimate of drug-likeness (QED) is 0.767. The van der Waals surface area contributed by atoms with Gasteiger partial charge >= 0.3 is 0 Å². The number of ether oxygens (including phenoxy) is 1. The van der Waals surface area contributed by atoms with Crippen LogP contribution in [0.15, 0.2) is 18.2 Å². The molecule has 1 aromatic carbocycles. The van der Waals surface area contributed by atoms with Crippen LogP contribution in [-0.4, -0.2) is 19.1 Å². The standard InChI is InChI=1S/C14H17FN2O2/c1-2-19-7-3-4-14(18)17-10-12-6-5-11(9-16)8-13(12)15/h5-6,8H,2-4,7,10H2,1H3,(H,17,18). The van der Waals surface area contributed by atoms with E-state index in [1.54, 1.807) is 0 Å². The fourth-order valence-corrected chi connectivity index (χ4v) is 1.52. The van der Waals surface area contributed by atoms with E-state index in [9.17, 15) is 9.18 Å². The number of nitrogens with zero attached hydrogens (tertiary/aromatic N) is 1. The number of carbonyl (C=O) groups is 1. The average Bonchev–Trinajstić information content (AvgIpc) is 2.42. The molecule has 5 heteroatoms. The van der Waals surface area contributed by atoms with Crippen LogP contribution >= 0.6 is 0 Å².